The van der Waals surface area contributed by atoms with Gasteiger partial charge in [-0.05, 0) is 60.0 Å². The van der Waals surface area contributed by atoms with Gasteiger partial charge >= 0.3 is 5.97 Å². The molecule has 1 unspecified atom stereocenters. The lowest BCUT2D eigenvalue weighted by Crippen LogP contribution is -2.31. The van der Waals surface area contributed by atoms with Crippen molar-refractivity contribution < 1.29 is 24.2 Å². The summed E-state index contributed by atoms with van der Waals surface area (Å²) in [7, 11) is 1.29. The van der Waals surface area contributed by atoms with E-state index in [1.807, 2.05) is 30.5 Å². The Morgan fingerprint density at radius 2 is 1.68 bits per heavy atom. The van der Waals surface area contributed by atoms with Gasteiger partial charge < -0.3 is 19.7 Å². The number of aromatic amines is 1. The molecule has 5 rings (SSSR count). The molecule has 1 amide bonds. The lowest BCUT2D eigenvalue weighted by Gasteiger charge is -2.25. The number of nitrogens with zero attached hydrogens (tertiary/aromatic N) is 1. The first-order chi connectivity index (χ1) is 17.9. The van der Waals surface area contributed by atoms with Crippen LogP contribution in [0.4, 0.5) is 0 Å². The largest absolute Gasteiger partial charge is 0.507 e. The van der Waals surface area contributed by atoms with Crippen LogP contribution in [0, 0.1) is 0 Å². The number of amides is 1. The molecule has 4 aromatic rings. The summed E-state index contributed by atoms with van der Waals surface area (Å²) >= 11 is 5.99. The van der Waals surface area contributed by atoms with E-state index in [0.29, 0.717) is 28.1 Å². The molecule has 1 saturated heterocycles. The summed E-state index contributed by atoms with van der Waals surface area (Å²) in [4.78, 5) is 43.2. The maximum absolute atomic E-state index is 13.3. The summed E-state index contributed by atoms with van der Waals surface area (Å²) in [6.07, 6.45) is 2.39. The van der Waals surface area contributed by atoms with E-state index >= 15 is 0 Å². The summed E-state index contributed by atoms with van der Waals surface area (Å²) in [6, 6.07) is 19.9. The normalized spacial score (nSPS) is 16.9. The number of methoxy groups -OCH3 is 1. The predicted molar refractivity (Wildman–Crippen MR) is 140 cm³/mol. The zero-order valence-electron chi connectivity index (χ0n) is 19.9. The van der Waals surface area contributed by atoms with E-state index in [2.05, 4.69) is 4.98 Å². The van der Waals surface area contributed by atoms with Gasteiger partial charge in [0.1, 0.15) is 5.76 Å². The van der Waals surface area contributed by atoms with Crippen molar-refractivity contribution in [1.29, 1.82) is 0 Å². The van der Waals surface area contributed by atoms with Gasteiger partial charge in [-0.2, -0.15) is 0 Å². The topological polar surface area (TPSA) is 99.7 Å². The summed E-state index contributed by atoms with van der Waals surface area (Å²) in [5.41, 5.74) is 3.26. The minimum Gasteiger partial charge on any atom is -0.507 e. The Balaban J connectivity index is 1.56. The first-order valence-corrected chi connectivity index (χ1v) is 12.0. The Kier molecular flexibility index (Phi) is 6.54. The fourth-order valence-corrected chi connectivity index (χ4v) is 4.85. The molecular weight excluding hydrogens is 492 g/mol. The lowest BCUT2D eigenvalue weighted by atomic mass is 9.94. The van der Waals surface area contributed by atoms with Gasteiger partial charge in [-0.15, -0.1) is 0 Å². The van der Waals surface area contributed by atoms with E-state index in [0.717, 1.165) is 16.5 Å². The predicted octanol–water partition coefficient (Wildman–Crippen LogP) is 5.27. The van der Waals surface area contributed by atoms with Crippen molar-refractivity contribution in [3.05, 3.63) is 112 Å². The number of ketones is 1. The number of aliphatic hydroxyl groups is 1. The van der Waals surface area contributed by atoms with Gasteiger partial charge in [0.15, 0.2) is 0 Å². The summed E-state index contributed by atoms with van der Waals surface area (Å²) in [6.45, 7) is 0.243. The van der Waals surface area contributed by atoms with Gasteiger partial charge in [0, 0.05) is 34.2 Å². The third kappa shape index (κ3) is 4.49. The molecule has 3 aromatic carbocycles. The molecule has 1 aliphatic heterocycles. The van der Waals surface area contributed by atoms with E-state index in [9.17, 15) is 19.5 Å². The third-order valence-corrected chi connectivity index (χ3v) is 6.85. The van der Waals surface area contributed by atoms with E-state index in [-0.39, 0.29) is 17.9 Å². The highest BCUT2D eigenvalue weighted by atomic mass is 35.5. The number of carbonyl (C=O) groups is 3. The number of Topliss-reactive ketones (excluding diaryl/α,β-unsaturated/α-hetero) is 1. The molecule has 0 bridgehead atoms. The summed E-state index contributed by atoms with van der Waals surface area (Å²) < 4.78 is 4.78. The highest BCUT2D eigenvalue weighted by Gasteiger charge is 2.45. The fourth-order valence-electron chi connectivity index (χ4n) is 4.72. The van der Waals surface area contributed by atoms with Crippen LogP contribution in [-0.4, -0.2) is 46.3 Å². The number of halogens is 1. The van der Waals surface area contributed by atoms with Crippen LogP contribution in [0.2, 0.25) is 5.02 Å². The van der Waals surface area contributed by atoms with Crippen molar-refractivity contribution in [3.8, 4) is 0 Å². The molecule has 0 radical (unpaired) electrons. The molecule has 7 nitrogen and oxygen atoms in total. The number of fused-ring (bicyclic) bond motifs is 1. The number of para-hydroxylation sites is 1. The third-order valence-electron chi connectivity index (χ3n) is 6.60. The monoisotopic (exact) mass is 514 g/mol. The average Bonchev–Trinajstić information content (AvgIpc) is 3.45. The van der Waals surface area contributed by atoms with Crippen molar-refractivity contribution in [2.24, 2.45) is 0 Å². The van der Waals surface area contributed by atoms with Crippen molar-refractivity contribution in [1.82, 2.24) is 9.88 Å². The van der Waals surface area contributed by atoms with Crippen molar-refractivity contribution in [3.63, 3.8) is 0 Å². The molecule has 0 saturated carbocycles. The Morgan fingerprint density at radius 1 is 1.00 bits per heavy atom. The molecule has 1 aliphatic rings. The number of esters is 1. The van der Waals surface area contributed by atoms with Crippen LogP contribution in [0.1, 0.15) is 33.1 Å². The lowest BCUT2D eigenvalue weighted by molar-refractivity contribution is -0.139. The quantitative estimate of drug-likeness (QED) is 0.158. The van der Waals surface area contributed by atoms with Gasteiger partial charge in [0.05, 0.1) is 24.3 Å². The average molecular weight is 515 g/mol. The number of aliphatic hydroxyl groups excluding tert-OH is 1. The number of benzene rings is 3. The molecular formula is C29H23ClN2O5. The highest BCUT2D eigenvalue weighted by molar-refractivity contribution is 6.46. The Bertz CT molecular complexity index is 1540. The van der Waals surface area contributed by atoms with Gasteiger partial charge in [0.2, 0.25) is 0 Å². The van der Waals surface area contributed by atoms with E-state index in [1.165, 1.54) is 12.0 Å². The number of rotatable bonds is 6. The molecule has 1 fully saturated rings. The molecule has 186 valence electrons. The number of hydrogen-bond acceptors (Lipinski definition) is 5. The first-order valence-electron chi connectivity index (χ1n) is 11.7. The summed E-state index contributed by atoms with van der Waals surface area (Å²) in [5, 5.41) is 12.7. The second-order valence-electron chi connectivity index (χ2n) is 8.72. The number of carbonyl (C=O) groups excluding carboxylic acids is 3. The fraction of sp³-hybridized carbons (Fsp3) is 0.138. The molecule has 2 heterocycles. The smallest absolute Gasteiger partial charge is 0.337 e. The first kappa shape index (κ1) is 24.3. The highest BCUT2D eigenvalue weighted by Crippen LogP contribution is 2.40. The second-order valence-corrected chi connectivity index (χ2v) is 9.16. The van der Waals surface area contributed by atoms with Crippen molar-refractivity contribution >= 4 is 45.9 Å². The minimum atomic E-state index is -0.840. The number of likely N-dealkylation sites (tertiary alicyclic amines) is 1. The van der Waals surface area contributed by atoms with Gasteiger partial charge in [0.25, 0.3) is 11.7 Å². The molecule has 2 N–H and O–H groups in total. The number of H-pyrrole nitrogens is 1. The molecule has 0 spiro atoms. The SMILES string of the molecule is COC(=O)c1ccc(C2/C(=C(/O)c3ccc(Cl)cc3)C(=O)C(=O)N2CCc2c[nH]c3ccccc23)cc1. The molecule has 0 aliphatic carbocycles. The van der Waals surface area contributed by atoms with Gasteiger partial charge in [-0.25, -0.2) is 4.79 Å². The Labute approximate surface area is 217 Å². The van der Waals surface area contributed by atoms with Crippen LogP contribution in [0.5, 0.6) is 0 Å². The molecule has 37 heavy (non-hydrogen) atoms. The van der Waals surface area contributed by atoms with Crippen LogP contribution >= 0.6 is 11.6 Å². The summed E-state index contributed by atoms with van der Waals surface area (Å²) in [5.74, 6) is -2.25. The van der Waals surface area contributed by atoms with E-state index in [4.69, 9.17) is 16.3 Å². The maximum atomic E-state index is 13.3. The van der Waals surface area contributed by atoms with Gasteiger partial charge in [-0.3, -0.25) is 9.59 Å². The molecule has 1 aromatic heterocycles. The standard InChI is InChI=1S/C29H23ClN2O5/c1-37-29(36)19-8-6-17(7-9-19)25-24(26(33)18-10-12-21(30)13-11-18)27(34)28(35)32(25)15-14-20-16-31-23-5-3-2-4-22(20)23/h2-13,16,25,31,33H,14-15H2,1H3/b26-24-. The Hall–Kier alpha value is -4.36. The van der Waals surface area contributed by atoms with Crippen LogP contribution in [0.25, 0.3) is 16.7 Å². The number of nitrogens with one attached hydrogen (secondary N) is 1. The Morgan fingerprint density at radius 3 is 2.38 bits per heavy atom. The number of aromatic nitrogens is 1. The van der Waals surface area contributed by atoms with Crippen LogP contribution in [-0.2, 0) is 20.7 Å². The minimum absolute atomic E-state index is 0.0166. The van der Waals surface area contributed by atoms with Crippen LogP contribution < -0.4 is 0 Å². The van der Waals surface area contributed by atoms with E-state index in [1.54, 1.807) is 48.5 Å². The van der Waals surface area contributed by atoms with Crippen LogP contribution in [0.15, 0.2) is 84.6 Å². The number of ether oxygens (including phenoxy) is 1. The molecule has 8 heteroatoms. The number of hydrogen-bond donors (Lipinski definition) is 2. The van der Waals surface area contributed by atoms with Crippen molar-refractivity contribution in [2.45, 2.75) is 12.5 Å². The van der Waals surface area contributed by atoms with Crippen molar-refractivity contribution in [2.75, 3.05) is 13.7 Å². The molecule has 1 atom stereocenters. The zero-order valence-corrected chi connectivity index (χ0v) is 20.7. The van der Waals surface area contributed by atoms with Crippen LogP contribution in [0.3, 0.4) is 0 Å². The van der Waals surface area contributed by atoms with E-state index < -0.39 is 23.7 Å². The maximum Gasteiger partial charge on any atom is 0.337 e. The van der Waals surface area contributed by atoms with Gasteiger partial charge in [-0.1, -0.05) is 41.9 Å². The second kappa shape index (κ2) is 9.95. The zero-order chi connectivity index (χ0) is 26.1.